The third-order valence-corrected chi connectivity index (χ3v) is 4.30. The van der Waals surface area contributed by atoms with E-state index in [-0.39, 0.29) is 24.9 Å². The molecule has 0 aliphatic carbocycles. The Morgan fingerprint density at radius 1 is 1.09 bits per heavy atom. The quantitative estimate of drug-likeness (QED) is 0.567. The third-order valence-electron chi connectivity index (χ3n) is 2.79. The molecule has 2 rings (SSSR count). The van der Waals surface area contributed by atoms with E-state index in [0.717, 1.165) is 9.37 Å². The molecule has 23 heavy (non-hydrogen) atoms. The minimum absolute atomic E-state index is 0.268. The summed E-state index contributed by atoms with van der Waals surface area (Å²) in [6, 6.07) is 17.0. The molecule has 0 bridgehead atoms. The van der Waals surface area contributed by atoms with Crippen LogP contribution in [-0.4, -0.2) is 24.2 Å². The van der Waals surface area contributed by atoms with Gasteiger partial charge in [0.15, 0.2) is 6.61 Å². The minimum Gasteiger partial charge on any atom is -0.456 e. The van der Waals surface area contributed by atoms with Crippen LogP contribution in [0, 0.1) is 0 Å². The van der Waals surface area contributed by atoms with Crippen molar-refractivity contribution < 1.29 is 14.3 Å². The molecule has 0 spiro atoms. The van der Waals surface area contributed by atoms with E-state index in [0.29, 0.717) is 11.4 Å². The van der Waals surface area contributed by atoms with Crippen molar-refractivity contribution in [2.75, 3.05) is 17.7 Å². The summed E-state index contributed by atoms with van der Waals surface area (Å²) in [5, 5.41) is 2.67. The van der Waals surface area contributed by atoms with Crippen LogP contribution in [-0.2, 0) is 14.3 Å². The summed E-state index contributed by atoms with van der Waals surface area (Å²) < 4.78 is 5.83. The topological polar surface area (TPSA) is 55.4 Å². The Bertz CT molecular complexity index is 664. The number of nitrogens with one attached hydrogen (secondary N) is 1. The summed E-state index contributed by atoms with van der Waals surface area (Å²) in [5.74, 6) is -0.110. The summed E-state index contributed by atoms with van der Waals surface area (Å²) in [6.45, 7) is -0.276. The van der Waals surface area contributed by atoms with E-state index in [1.165, 1.54) is 0 Å². The highest BCUT2D eigenvalue weighted by atomic mass is 79.9. The van der Waals surface area contributed by atoms with Gasteiger partial charge in [0, 0.05) is 20.8 Å². The van der Waals surface area contributed by atoms with Crippen LogP contribution in [0.2, 0.25) is 0 Å². The molecule has 0 atom stereocenters. The third kappa shape index (κ3) is 6.88. The smallest absolute Gasteiger partial charge is 0.307 e. The maximum Gasteiger partial charge on any atom is 0.307 e. The molecule has 0 aromatic heterocycles. The number of carbonyl (C=O) groups excluding carboxylic acids is 2. The van der Waals surface area contributed by atoms with Crippen molar-refractivity contribution >= 4 is 45.3 Å². The zero-order valence-corrected chi connectivity index (χ0v) is 14.7. The summed E-state index contributed by atoms with van der Waals surface area (Å²) in [4.78, 5) is 24.4. The van der Waals surface area contributed by atoms with Gasteiger partial charge in [0.1, 0.15) is 0 Å². The number of anilines is 1. The number of ether oxygens (including phenoxy) is 1. The predicted octanol–water partition coefficient (Wildman–Crippen LogP) is 4.11. The molecule has 0 saturated carbocycles. The normalized spacial score (nSPS) is 10.1. The van der Waals surface area contributed by atoms with Crippen molar-refractivity contribution in [1.82, 2.24) is 0 Å². The molecule has 1 amide bonds. The van der Waals surface area contributed by atoms with Gasteiger partial charge >= 0.3 is 5.97 Å². The second-order valence-corrected chi connectivity index (χ2v) is 6.71. The zero-order chi connectivity index (χ0) is 16.5. The van der Waals surface area contributed by atoms with Crippen LogP contribution in [0.5, 0.6) is 0 Å². The SMILES string of the molecule is O=C(COC(=O)CCSc1ccccc1)Nc1cccc(Br)c1. The lowest BCUT2D eigenvalue weighted by molar-refractivity contribution is -0.146. The van der Waals surface area contributed by atoms with Crippen LogP contribution in [0.1, 0.15) is 6.42 Å². The first-order chi connectivity index (χ1) is 11.1. The van der Waals surface area contributed by atoms with E-state index in [1.807, 2.05) is 42.5 Å². The van der Waals surface area contributed by atoms with E-state index < -0.39 is 0 Å². The summed E-state index contributed by atoms with van der Waals surface area (Å²) in [6.07, 6.45) is 0.268. The van der Waals surface area contributed by atoms with Crippen molar-refractivity contribution in [3.8, 4) is 0 Å². The average molecular weight is 394 g/mol. The molecule has 1 N–H and O–H groups in total. The standard InChI is InChI=1S/C17H16BrNO3S/c18-13-5-4-6-14(11-13)19-16(20)12-22-17(21)9-10-23-15-7-2-1-3-8-15/h1-8,11H,9-10,12H2,(H,19,20). The Morgan fingerprint density at radius 2 is 1.87 bits per heavy atom. The van der Waals surface area contributed by atoms with Gasteiger partial charge in [0.2, 0.25) is 0 Å². The highest BCUT2D eigenvalue weighted by Crippen LogP contribution is 2.18. The molecule has 0 heterocycles. The second-order valence-electron chi connectivity index (χ2n) is 4.63. The number of hydrogen-bond donors (Lipinski definition) is 1. The van der Waals surface area contributed by atoms with Gasteiger partial charge in [-0.25, -0.2) is 0 Å². The van der Waals surface area contributed by atoms with Gasteiger partial charge in [-0.15, -0.1) is 11.8 Å². The first-order valence-corrected chi connectivity index (χ1v) is 8.80. The Morgan fingerprint density at radius 3 is 2.61 bits per heavy atom. The van der Waals surface area contributed by atoms with E-state index in [4.69, 9.17) is 4.74 Å². The lowest BCUT2D eigenvalue weighted by atomic mass is 10.3. The van der Waals surface area contributed by atoms with Crippen LogP contribution in [0.15, 0.2) is 64.0 Å². The van der Waals surface area contributed by atoms with Gasteiger partial charge in [-0.1, -0.05) is 40.2 Å². The van der Waals surface area contributed by atoms with Crippen molar-refractivity contribution in [2.24, 2.45) is 0 Å². The van der Waals surface area contributed by atoms with E-state index in [2.05, 4.69) is 21.2 Å². The Kier molecular flexibility index (Phi) is 7.16. The van der Waals surface area contributed by atoms with Crippen LogP contribution >= 0.6 is 27.7 Å². The van der Waals surface area contributed by atoms with E-state index in [9.17, 15) is 9.59 Å². The van der Waals surface area contributed by atoms with Gasteiger partial charge in [-0.05, 0) is 30.3 Å². The van der Waals surface area contributed by atoms with Gasteiger partial charge in [0.25, 0.3) is 5.91 Å². The van der Waals surface area contributed by atoms with E-state index >= 15 is 0 Å². The van der Waals surface area contributed by atoms with Crippen molar-refractivity contribution in [3.63, 3.8) is 0 Å². The van der Waals surface area contributed by atoms with Gasteiger partial charge in [-0.3, -0.25) is 9.59 Å². The average Bonchev–Trinajstić information content (AvgIpc) is 2.54. The number of benzene rings is 2. The summed E-state index contributed by atoms with van der Waals surface area (Å²) in [5.41, 5.74) is 0.653. The largest absolute Gasteiger partial charge is 0.456 e. The summed E-state index contributed by atoms with van der Waals surface area (Å²) >= 11 is 4.90. The molecule has 0 aliphatic rings. The number of thioether (sulfide) groups is 1. The number of rotatable bonds is 7. The lowest BCUT2D eigenvalue weighted by Gasteiger charge is -2.07. The highest BCUT2D eigenvalue weighted by molar-refractivity contribution is 9.10. The second kappa shape index (κ2) is 9.37. The Hall–Kier alpha value is -1.79. The Labute approximate surface area is 147 Å². The molecular weight excluding hydrogens is 378 g/mol. The monoisotopic (exact) mass is 393 g/mol. The molecular formula is C17H16BrNO3S. The number of esters is 1. The fourth-order valence-corrected chi connectivity index (χ4v) is 3.00. The molecule has 0 unspecified atom stereocenters. The number of halogens is 1. The predicted molar refractivity (Wildman–Crippen MR) is 95.5 cm³/mol. The first-order valence-electron chi connectivity index (χ1n) is 7.02. The number of amides is 1. The van der Waals surface area contributed by atoms with Gasteiger partial charge < -0.3 is 10.1 Å². The molecule has 6 heteroatoms. The highest BCUT2D eigenvalue weighted by Gasteiger charge is 2.08. The van der Waals surface area contributed by atoms with E-state index in [1.54, 1.807) is 23.9 Å². The molecule has 0 aliphatic heterocycles. The number of hydrogen-bond acceptors (Lipinski definition) is 4. The molecule has 0 radical (unpaired) electrons. The minimum atomic E-state index is -0.377. The number of carbonyl (C=O) groups is 2. The van der Waals surface area contributed by atoms with Crippen molar-refractivity contribution in [1.29, 1.82) is 0 Å². The van der Waals surface area contributed by atoms with Crippen LogP contribution in [0.4, 0.5) is 5.69 Å². The summed E-state index contributed by atoms with van der Waals surface area (Å²) in [7, 11) is 0. The Balaban J connectivity index is 1.65. The molecule has 0 fully saturated rings. The van der Waals surface area contributed by atoms with Crippen LogP contribution < -0.4 is 5.32 Å². The first kappa shape index (κ1) is 17.6. The fourth-order valence-electron chi connectivity index (χ4n) is 1.75. The molecule has 2 aromatic rings. The molecule has 2 aromatic carbocycles. The molecule has 4 nitrogen and oxygen atoms in total. The maximum absolute atomic E-state index is 11.7. The van der Waals surface area contributed by atoms with Crippen molar-refractivity contribution in [3.05, 3.63) is 59.1 Å². The lowest BCUT2D eigenvalue weighted by Crippen LogP contribution is -2.21. The molecule has 0 saturated heterocycles. The van der Waals surface area contributed by atoms with Crippen LogP contribution in [0.3, 0.4) is 0 Å². The fraction of sp³-hybridized carbons (Fsp3) is 0.176. The van der Waals surface area contributed by atoms with Gasteiger partial charge in [0.05, 0.1) is 6.42 Å². The maximum atomic E-state index is 11.7. The van der Waals surface area contributed by atoms with Crippen LogP contribution in [0.25, 0.3) is 0 Å². The molecule has 120 valence electrons. The van der Waals surface area contributed by atoms with Gasteiger partial charge in [-0.2, -0.15) is 0 Å². The zero-order valence-electron chi connectivity index (χ0n) is 12.3. The van der Waals surface area contributed by atoms with Crippen molar-refractivity contribution in [2.45, 2.75) is 11.3 Å².